The molecule has 9 heteroatoms. The van der Waals surface area contributed by atoms with Gasteiger partial charge in [0.15, 0.2) is 6.29 Å². The lowest BCUT2D eigenvalue weighted by atomic mass is 9.99. The molecule has 1 rings (SSSR count). The minimum absolute atomic E-state index is 0.120. The topological polar surface area (TPSA) is 135 Å². The maximum absolute atomic E-state index is 12.9. The van der Waals surface area contributed by atoms with E-state index in [0.29, 0.717) is 13.0 Å². The molecule has 1 heterocycles. The van der Waals surface area contributed by atoms with E-state index in [1.165, 1.54) is 141 Å². The highest BCUT2D eigenvalue weighted by Gasteiger charge is 2.44. The van der Waals surface area contributed by atoms with Crippen molar-refractivity contribution in [3.05, 3.63) is 85.1 Å². The maximum atomic E-state index is 12.9. The molecule has 0 bridgehead atoms. The molecular formula is C61H106O9. The molecule has 0 spiro atoms. The summed E-state index contributed by atoms with van der Waals surface area (Å²) in [5.41, 5.74) is 0. The van der Waals surface area contributed by atoms with E-state index in [0.717, 1.165) is 70.6 Å². The van der Waals surface area contributed by atoms with Crippen LogP contribution in [-0.2, 0) is 23.7 Å². The van der Waals surface area contributed by atoms with Gasteiger partial charge in [0.1, 0.15) is 30.5 Å². The molecule has 0 aromatic rings. The normalized spacial score (nSPS) is 19.5. The second-order valence-corrected chi connectivity index (χ2v) is 19.4. The molecule has 1 fully saturated rings. The van der Waals surface area contributed by atoms with Crippen LogP contribution >= 0.6 is 0 Å². The van der Waals surface area contributed by atoms with Crippen LogP contribution < -0.4 is 0 Å². The molecule has 1 aliphatic heterocycles. The lowest BCUT2D eigenvalue weighted by molar-refractivity contribution is -0.305. The lowest BCUT2D eigenvalue weighted by Gasteiger charge is -2.39. The summed E-state index contributed by atoms with van der Waals surface area (Å²) in [4.78, 5) is 12.9. The second-order valence-electron chi connectivity index (χ2n) is 19.4. The van der Waals surface area contributed by atoms with Gasteiger partial charge in [-0.3, -0.25) is 4.79 Å². The number of unbranched alkanes of at least 4 members (excludes halogenated alkanes) is 24. The van der Waals surface area contributed by atoms with Gasteiger partial charge in [0, 0.05) is 13.0 Å². The standard InChI is InChI=1S/C61H106O9/c1-3-5-7-9-11-13-15-17-19-21-23-25-26-27-28-29-31-33-35-37-39-41-43-45-47-49-51-67-53-55(54-68-61-60(66)59(65)58(64)56(52-62)70-61)69-57(63)50-48-46-44-42-40-38-36-34-32-30-24-22-20-18-16-14-12-10-8-6-4-2/h5,7,11,13,16-19,22-25,27-28,55-56,58-62,64-66H,3-4,6,8-10,12,14-15,20-21,26,29-54H2,1-2H3/b7-5-,13-11-,18-16-,19-17-,24-22-,25-23-,28-27-. The number of esters is 1. The quantitative estimate of drug-likeness (QED) is 0.0267. The summed E-state index contributed by atoms with van der Waals surface area (Å²) in [5, 5.41) is 40.4. The third kappa shape index (κ3) is 40.9. The van der Waals surface area contributed by atoms with Crippen LogP contribution in [0.25, 0.3) is 0 Å². The molecule has 70 heavy (non-hydrogen) atoms. The van der Waals surface area contributed by atoms with Crippen molar-refractivity contribution in [2.75, 3.05) is 26.4 Å². The molecule has 6 atom stereocenters. The molecule has 0 aromatic heterocycles. The molecular weight excluding hydrogens is 877 g/mol. The first-order valence-electron chi connectivity index (χ1n) is 28.7. The van der Waals surface area contributed by atoms with Crippen LogP contribution in [0.5, 0.6) is 0 Å². The lowest BCUT2D eigenvalue weighted by Crippen LogP contribution is -2.59. The van der Waals surface area contributed by atoms with Gasteiger partial charge in [-0.1, -0.05) is 221 Å². The smallest absolute Gasteiger partial charge is 0.306 e. The van der Waals surface area contributed by atoms with Gasteiger partial charge in [0.05, 0.1) is 19.8 Å². The number of aliphatic hydroxyl groups is 4. The minimum atomic E-state index is -1.54. The summed E-state index contributed by atoms with van der Waals surface area (Å²) in [7, 11) is 0. The van der Waals surface area contributed by atoms with Crippen LogP contribution in [0.4, 0.5) is 0 Å². The van der Waals surface area contributed by atoms with Crippen LogP contribution in [-0.4, -0.2) is 89.6 Å². The molecule has 0 aromatic carbocycles. The molecule has 9 nitrogen and oxygen atoms in total. The van der Waals surface area contributed by atoms with Crippen molar-refractivity contribution in [1.29, 1.82) is 0 Å². The molecule has 1 saturated heterocycles. The third-order valence-corrected chi connectivity index (χ3v) is 12.8. The van der Waals surface area contributed by atoms with Gasteiger partial charge in [-0.15, -0.1) is 0 Å². The van der Waals surface area contributed by atoms with Gasteiger partial charge < -0.3 is 39.4 Å². The minimum Gasteiger partial charge on any atom is -0.457 e. The molecule has 1 aliphatic rings. The van der Waals surface area contributed by atoms with Crippen molar-refractivity contribution in [2.45, 2.75) is 269 Å². The summed E-state index contributed by atoms with van der Waals surface area (Å²) >= 11 is 0. The Kier molecular flexibility index (Phi) is 47.9. The van der Waals surface area contributed by atoms with Gasteiger partial charge in [0.25, 0.3) is 0 Å². The highest BCUT2D eigenvalue weighted by atomic mass is 16.7. The fourth-order valence-electron chi connectivity index (χ4n) is 8.37. The Morgan fingerprint density at radius 2 is 0.871 bits per heavy atom. The number of hydrogen-bond acceptors (Lipinski definition) is 9. The van der Waals surface area contributed by atoms with Crippen LogP contribution in [0, 0.1) is 0 Å². The zero-order valence-corrected chi connectivity index (χ0v) is 44.7. The van der Waals surface area contributed by atoms with Gasteiger partial charge in [-0.25, -0.2) is 0 Å². The Balaban J connectivity index is 2.17. The SMILES string of the molecule is CC/C=C\C/C=C\C/C=C\C/C=C\C/C=C\CCCCCCCCCCCCOCC(COC1OC(CO)C(O)C(O)C1O)OC(=O)CCCCCCCCCCC/C=C\C/C=C\CCCCCCC. The van der Waals surface area contributed by atoms with E-state index in [4.69, 9.17) is 18.9 Å². The van der Waals surface area contributed by atoms with Crippen molar-refractivity contribution >= 4 is 5.97 Å². The maximum Gasteiger partial charge on any atom is 0.306 e. The Labute approximate surface area is 429 Å². The second kappa shape index (κ2) is 51.3. The van der Waals surface area contributed by atoms with E-state index < -0.39 is 43.4 Å². The Morgan fingerprint density at radius 3 is 1.31 bits per heavy atom. The van der Waals surface area contributed by atoms with Gasteiger partial charge in [-0.05, 0) is 89.9 Å². The van der Waals surface area contributed by atoms with Gasteiger partial charge in [0.2, 0.25) is 0 Å². The number of carbonyl (C=O) groups is 1. The predicted octanol–water partition coefficient (Wildman–Crippen LogP) is 14.9. The average Bonchev–Trinajstić information content (AvgIpc) is 3.36. The highest BCUT2D eigenvalue weighted by molar-refractivity contribution is 5.69. The average molecular weight is 984 g/mol. The van der Waals surface area contributed by atoms with Crippen LogP contribution in [0.2, 0.25) is 0 Å². The van der Waals surface area contributed by atoms with Gasteiger partial charge in [-0.2, -0.15) is 0 Å². The molecule has 0 amide bonds. The van der Waals surface area contributed by atoms with E-state index in [-0.39, 0.29) is 19.2 Å². The van der Waals surface area contributed by atoms with E-state index in [1.807, 2.05) is 0 Å². The highest BCUT2D eigenvalue weighted by Crippen LogP contribution is 2.23. The van der Waals surface area contributed by atoms with Crippen molar-refractivity contribution < 1.29 is 44.2 Å². The Bertz CT molecular complexity index is 1350. The number of rotatable bonds is 49. The first-order valence-corrected chi connectivity index (χ1v) is 28.7. The number of ether oxygens (including phenoxy) is 4. The number of carbonyl (C=O) groups excluding carboxylic acids is 1. The number of aliphatic hydroxyl groups excluding tert-OH is 4. The molecule has 4 N–H and O–H groups in total. The van der Waals surface area contributed by atoms with Gasteiger partial charge >= 0.3 is 5.97 Å². The first kappa shape index (κ1) is 65.4. The number of allylic oxidation sites excluding steroid dienone is 14. The van der Waals surface area contributed by atoms with E-state index in [9.17, 15) is 25.2 Å². The van der Waals surface area contributed by atoms with Crippen LogP contribution in [0.3, 0.4) is 0 Å². The fourth-order valence-corrected chi connectivity index (χ4v) is 8.37. The Morgan fingerprint density at radius 1 is 0.471 bits per heavy atom. The largest absolute Gasteiger partial charge is 0.457 e. The predicted molar refractivity (Wildman–Crippen MR) is 293 cm³/mol. The summed E-state index contributed by atoms with van der Waals surface area (Å²) in [6.45, 7) is 4.43. The Hall–Kier alpha value is -2.63. The summed E-state index contributed by atoms with van der Waals surface area (Å²) in [5.74, 6) is -0.320. The molecule has 0 aliphatic carbocycles. The van der Waals surface area contributed by atoms with Crippen LogP contribution in [0.15, 0.2) is 85.1 Å². The van der Waals surface area contributed by atoms with Crippen molar-refractivity contribution in [2.24, 2.45) is 0 Å². The monoisotopic (exact) mass is 983 g/mol. The summed E-state index contributed by atoms with van der Waals surface area (Å²) < 4.78 is 23.0. The molecule has 0 saturated carbocycles. The van der Waals surface area contributed by atoms with E-state index >= 15 is 0 Å². The zero-order chi connectivity index (χ0) is 50.6. The van der Waals surface area contributed by atoms with Crippen molar-refractivity contribution in [1.82, 2.24) is 0 Å². The molecule has 404 valence electrons. The van der Waals surface area contributed by atoms with E-state index in [1.54, 1.807) is 0 Å². The molecule has 0 radical (unpaired) electrons. The van der Waals surface area contributed by atoms with Crippen LogP contribution in [0.1, 0.15) is 232 Å². The third-order valence-electron chi connectivity index (χ3n) is 12.8. The summed E-state index contributed by atoms with van der Waals surface area (Å²) in [6.07, 6.45) is 63.3. The van der Waals surface area contributed by atoms with Crippen molar-refractivity contribution in [3.63, 3.8) is 0 Å². The van der Waals surface area contributed by atoms with E-state index in [2.05, 4.69) is 98.9 Å². The molecule has 6 unspecified atom stereocenters. The fraction of sp³-hybridized carbons (Fsp3) is 0.754. The first-order chi connectivity index (χ1) is 34.4. The summed E-state index contributed by atoms with van der Waals surface area (Å²) in [6, 6.07) is 0. The van der Waals surface area contributed by atoms with Crippen molar-refractivity contribution in [3.8, 4) is 0 Å². The number of hydrogen-bond donors (Lipinski definition) is 4. The zero-order valence-electron chi connectivity index (χ0n) is 44.7.